The number of aromatic carboxylic acids is 1. The summed E-state index contributed by atoms with van der Waals surface area (Å²) >= 11 is 0.719. The summed E-state index contributed by atoms with van der Waals surface area (Å²) in [6, 6.07) is 16.2. The van der Waals surface area contributed by atoms with Gasteiger partial charge in [-0.1, -0.05) is 12.1 Å². The largest absolute Gasteiger partial charge is 0.494 e. The smallest absolute Gasteiger partial charge is 0.335 e. The molecule has 1 aliphatic rings. The van der Waals surface area contributed by atoms with Crippen molar-refractivity contribution in [1.29, 1.82) is 0 Å². The Bertz CT molecular complexity index is 1310. The van der Waals surface area contributed by atoms with Gasteiger partial charge in [0.15, 0.2) is 0 Å². The number of carboxylic acids is 1. The quantitative estimate of drug-likeness (QED) is 0.433. The van der Waals surface area contributed by atoms with Crippen LogP contribution in [0.3, 0.4) is 0 Å². The number of hydrogen-bond donors (Lipinski definition) is 2. The second-order valence-electron chi connectivity index (χ2n) is 7.36. The third-order valence-electron chi connectivity index (χ3n) is 4.94. The van der Waals surface area contributed by atoms with Gasteiger partial charge in [-0.3, -0.25) is 19.3 Å². The molecule has 1 aliphatic heterocycles. The lowest BCUT2D eigenvalue weighted by Gasteiger charge is -2.12. The summed E-state index contributed by atoms with van der Waals surface area (Å²) < 4.78 is 11.1. The van der Waals surface area contributed by atoms with Crippen molar-refractivity contribution in [1.82, 2.24) is 4.90 Å². The maximum atomic E-state index is 12.7. The number of anilines is 1. The molecule has 1 aromatic heterocycles. The Balaban J connectivity index is 1.40. The number of carboxylic acid groups (broad SMARTS) is 1. The minimum absolute atomic E-state index is 0.131. The third-order valence-corrected chi connectivity index (χ3v) is 5.85. The van der Waals surface area contributed by atoms with Crippen LogP contribution in [0, 0.1) is 0 Å². The minimum Gasteiger partial charge on any atom is -0.494 e. The number of thioether (sulfide) groups is 1. The molecule has 1 saturated heterocycles. The van der Waals surface area contributed by atoms with Gasteiger partial charge in [-0.25, -0.2) is 4.79 Å². The van der Waals surface area contributed by atoms with E-state index in [4.69, 9.17) is 14.3 Å². The number of hydrogen-bond acceptors (Lipinski definition) is 7. The van der Waals surface area contributed by atoms with Gasteiger partial charge in [-0.2, -0.15) is 0 Å². The van der Waals surface area contributed by atoms with Gasteiger partial charge in [0, 0.05) is 17.3 Å². The summed E-state index contributed by atoms with van der Waals surface area (Å²) in [7, 11) is 0. The molecule has 10 heteroatoms. The highest BCUT2D eigenvalue weighted by Gasteiger charge is 2.36. The molecule has 0 spiro atoms. The number of nitrogens with zero attached hydrogens (tertiary/aromatic N) is 1. The highest BCUT2D eigenvalue weighted by atomic mass is 32.2. The van der Waals surface area contributed by atoms with Crippen LogP contribution in [0.5, 0.6) is 5.75 Å². The fourth-order valence-corrected chi connectivity index (χ4v) is 4.09. The lowest BCUT2D eigenvalue weighted by Crippen LogP contribution is -2.36. The number of imide groups is 1. The zero-order valence-electron chi connectivity index (χ0n) is 18.5. The number of amides is 3. The van der Waals surface area contributed by atoms with Crippen molar-refractivity contribution in [2.24, 2.45) is 0 Å². The highest BCUT2D eigenvalue weighted by Crippen LogP contribution is 2.33. The number of benzene rings is 2. The lowest BCUT2D eigenvalue weighted by atomic mass is 10.1. The molecular formula is C25H20N2O7S. The second kappa shape index (κ2) is 10.3. The SMILES string of the molecule is CCOc1ccc(NC(=O)CN2C(=O)S/C(=C/c3ccc(-c4ccc(C(=O)O)cc4)o3)C2=O)cc1. The number of carbonyl (C=O) groups is 4. The molecule has 9 nitrogen and oxygen atoms in total. The van der Waals surface area contributed by atoms with Crippen LogP contribution in [-0.2, 0) is 9.59 Å². The van der Waals surface area contributed by atoms with E-state index in [1.807, 2.05) is 6.92 Å². The fourth-order valence-electron chi connectivity index (χ4n) is 3.27. The van der Waals surface area contributed by atoms with Crippen molar-refractivity contribution in [3.8, 4) is 17.1 Å². The molecule has 0 unspecified atom stereocenters. The van der Waals surface area contributed by atoms with Gasteiger partial charge in [0.2, 0.25) is 5.91 Å². The predicted octanol–water partition coefficient (Wildman–Crippen LogP) is 4.72. The first-order chi connectivity index (χ1) is 16.8. The first-order valence-electron chi connectivity index (χ1n) is 10.6. The maximum Gasteiger partial charge on any atom is 0.335 e. The zero-order valence-corrected chi connectivity index (χ0v) is 19.3. The monoisotopic (exact) mass is 492 g/mol. The van der Waals surface area contributed by atoms with E-state index in [0.29, 0.717) is 35.1 Å². The van der Waals surface area contributed by atoms with Gasteiger partial charge < -0.3 is 19.6 Å². The molecule has 1 fully saturated rings. The minimum atomic E-state index is -1.03. The number of ether oxygens (including phenoxy) is 1. The molecule has 0 aliphatic carbocycles. The summed E-state index contributed by atoms with van der Waals surface area (Å²) in [5, 5.41) is 11.1. The highest BCUT2D eigenvalue weighted by molar-refractivity contribution is 8.18. The van der Waals surface area contributed by atoms with Crippen LogP contribution in [-0.4, -0.2) is 46.2 Å². The summed E-state index contributed by atoms with van der Waals surface area (Å²) in [6.07, 6.45) is 1.43. The van der Waals surface area contributed by atoms with Crippen LogP contribution >= 0.6 is 11.8 Å². The van der Waals surface area contributed by atoms with Gasteiger partial charge in [0.25, 0.3) is 11.1 Å². The average molecular weight is 493 g/mol. The summed E-state index contributed by atoms with van der Waals surface area (Å²) in [4.78, 5) is 49.5. The Labute approximate surface area is 204 Å². The fraction of sp³-hybridized carbons (Fsp3) is 0.120. The van der Waals surface area contributed by atoms with E-state index < -0.39 is 29.6 Å². The van der Waals surface area contributed by atoms with Crippen LogP contribution < -0.4 is 10.1 Å². The molecule has 3 amide bonds. The number of nitrogens with one attached hydrogen (secondary N) is 1. The number of carbonyl (C=O) groups excluding carboxylic acids is 3. The van der Waals surface area contributed by atoms with Crippen LogP contribution in [0.15, 0.2) is 70.0 Å². The predicted molar refractivity (Wildman–Crippen MR) is 130 cm³/mol. The van der Waals surface area contributed by atoms with Crippen molar-refractivity contribution in [2.45, 2.75) is 6.92 Å². The lowest BCUT2D eigenvalue weighted by molar-refractivity contribution is -0.127. The Kier molecular flexibility index (Phi) is 7.02. The Morgan fingerprint density at radius 2 is 1.77 bits per heavy atom. The van der Waals surface area contributed by atoms with E-state index in [-0.39, 0.29) is 10.5 Å². The van der Waals surface area contributed by atoms with Gasteiger partial charge in [0.05, 0.1) is 17.1 Å². The summed E-state index contributed by atoms with van der Waals surface area (Å²) in [5.74, 6) is -0.650. The molecule has 35 heavy (non-hydrogen) atoms. The van der Waals surface area contributed by atoms with Crippen molar-refractivity contribution in [2.75, 3.05) is 18.5 Å². The number of rotatable bonds is 8. The molecule has 2 aromatic carbocycles. The second-order valence-corrected chi connectivity index (χ2v) is 8.35. The normalized spacial score (nSPS) is 14.4. The van der Waals surface area contributed by atoms with Crippen molar-refractivity contribution in [3.05, 3.63) is 76.9 Å². The van der Waals surface area contributed by atoms with E-state index in [0.717, 1.165) is 16.7 Å². The molecular weight excluding hydrogens is 472 g/mol. The van der Waals surface area contributed by atoms with E-state index in [1.165, 1.54) is 18.2 Å². The van der Waals surface area contributed by atoms with Crippen LogP contribution in [0.25, 0.3) is 17.4 Å². The molecule has 4 rings (SSSR count). The average Bonchev–Trinajstić information content (AvgIpc) is 3.41. The topological polar surface area (TPSA) is 126 Å². The Morgan fingerprint density at radius 3 is 2.43 bits per heavy atom. The first-order valence-corrected chi connectivity index (χ1v) is 11.4. The Morgan fingerprint density at radius 1 is 1.06 bits per heavy atom. The molecule has 2 N–H and O–H groups in total. The molecule has 3 aromatic rings. The van der Waals surface area contributed by atoms with Crippen LogP contribution in [0.4, 0.5) is 10.5 Å². The molecule has 0 bridgehead atoms. The molecule has 0 saturated carbocycles. The van der Waals surface area contributed by atoms with Gasteiger partial charge in [-0.15, -0.1) is 0 Å². The number of furan rings is 1. The van der Waals surface area contributed by atoms with E-state index in [9.17, 15) is 19.2 Å². The zero-order chi connectivity index (χ0) is 24.9. The molecule has 2 heterocycles. The molecule has 0 radical (unpaired) electrons. The third kappa shape index (κ3) is 5.61. The maximum absolute atomic E-state index is 12.7. The van der Waals surface area contributed by atoms with E-state index in [1.54, 1.807) is 48.5 Å². The van der Waals surface area contributed by atoms with Crippen molar-refractivity contribution < 1.29 is 33.4 Å². The van der Waals surface area contributed by atoms with Crippen molar-refractivity contribution >= 4 is 46.5 Å². The van der Waals surface area contributed by atoms with Crippen LogP contribution in [0.2, 0.25) is 0 Å². The van der Waals surface area contributed by atoms with E-state index in [2.05, 4.69) is 5.32 Å². The molecule has 0 atom stereocenters. The molecule has 178 valence electrons. The first kappa shape index (κ1) is 23.8. The van der Waals surface area contributed by atoms with Gasteiger partial charge in [0.1, 0.15) is 23.8 Å². The van der Waals surface area contributed by atoms with Gasteiger partial charge >= 0.3 is 5.97 Å². The van der Waals surface area contributed by atoms with Crippen LogP contribution in [0.1, 0.15) is 23.0 Å². The summed E-state index contributed by atoms with van der Waals surface area (Å²) in [6.45, 7) is 1.97. The Hall–Kier alpha value is -4.31. The van der Waals surface area contributed by atoms with E-state index >= 15 is 0 Å². The van der Waals surface area contributed by atoms with Gasteiger partial charge in [-0.05, 0) is 67.2 Å². The summed E-state index contributed by atoms with van der Waals surface area (Å²) in [5.41, 5.74) is 1.33. The van der Waals surface area contributed by atoms with Crippen molar-refractivity contribution in [3.63, 3.8) is 0 Å². The standard InChI is InChI=1S/C25H20N2O7S/c1-2-33-18-9-7-17(8-10-18)26-22(28)14-27-23(29)21(35-25(27)32)13-19-11-12-20(34-19)15-3-5-16(6-4-15)24(30)31/h3-13H,2,14H2,1H3,(H,26,28)(H,30,31)/b21-13+.